The van der Waals surface area contributed by atoms with E-state index in [1.165, 1.54) is 25.2 Å². The van der Waals surface area contributed by atoms with Crippen molar-refractivity contribution in [3.8, 4) is 11.8 Å². The van der Waals surface area contributed by atoms with Crippen LogP contribution in [0, 0.1) is 11.8 Å². The Morgan fingerprint density at radius 1 is 1.43 bits per heavy atom. The number of sulfonamides is 1. The Bertz CT molecular complexity index is 677. The second kappa shape index (κ2) is 8.00. The molecule has 0 aromatic heterocycles. The van der Waals surface area contributed by atoms with E-state index in [0.29, 0.717) is 5.56 Å². The molecule has 1 aromatic rings. The first-order chi connectivity index (χ1) is 9.90. The fourth-order valence-electron chi connectivity index (χ4n) is 1.44. The fourth-order valence-corrected chi connectivity index (χ4v) is 3.01. The van der Waals surface area contributed by atoms with Crippen molar-refractivity contribution in [2.45, 2.75) is 11.3 Å². The van der Waals surface area contributed by atoms with Crippen LogP contribution in [0.3, 0.4) is 0 Å². The Hall–Kier alpha value is -1.59. The van der Waals surface area contributed by atoms with Crippen LogP contribution >= 0.6 is 11.6 Å². The van der Waals surface area contributed by atoms with Gasteiger partial charge in [0, 0.05) is 25.6 Å². The molecule has 0 aliphatic heterocycles. The molecule has 114 valence electrons. The summed E-state index contributed by atoms with van der Waals surface area (Å²) in [5, 5.41) is 11.0. The van der Waals surface area contributed by atoms with E-state index in [4.69, 9.17) is 16.7 Å². The lowest BCUT2D eigenvalue weighted by molar-refractivity contribution is -0.120. The number of halogens is 1. The Labute approximate surface area is 128 Å². The number of nitrogens with one attached hydrogen (secondary N) is 2. The van der Waals surface area contributed by atoms with Gasteiger partial charge in [-0.15, -0.1) is 0 Å². The van der Waals surface area contributed by atoms with Crippen molar-refractivity contribution in [2.75, 3.05) is 20.2 Å². The molecule has 0 saturated carbocycles. The van der Waals surface area contributed by atoms with Gasteiger partial charge in [-0.1, -0.05) is 23.4 Å². The standard InChI is InChI=1S/C13H15ClN2O4S/c1-15-13(18)6-7-16-21(19,20)12-5-4-10(3-2-8-17)9-11(12)14/h4-5,9,16-17H,6-8H2,1H3,(H,15,18). The molecule has 6 nitrogen and oxygen atoms in total. The number of aliphatic hydroxyl groups excluding tert-OH is 1. The van der Waals surface area contributed by atoms with Crippen molar-refractivity contribution < 1.29 is 18.3 Å². The molecule has 0 bridgehead atoms. The van der Waals surface area contributed by atoms with E-state index in [-0.39, 0.29) is 35.4 Å². The first kappa shape index (κ1) is 17.5. The maximum atomic E-state index is 12.0. The summed E-state index contributed by atoms with van der Waals surface area (Å²) in [6, 6.07) is 4.21. The summed E-state index contributed by atoms with van der Waals surface area (Å²) in [6.07, 6.45) is 0.0351. The molecule has 0 aliphatic carbocycles. The predicted octanol–water partition coefficient (Wildman–Crippen LogP) is 0.0982. The SMILES string of the molecule is CNC(=O)CCNS(=O)(=O)c1ccc(C#CCO)cc1Cl. The summed E-state index contributed by atoms with van der Waals surface area (Å²) in [7, 11) is -2.32. The smallest absolute Gasteiger partial charge is 0.242 e. The molecule has 0 atom stereocenters. The van der Waals surface area contributed by atoms with E-state index in [0.717, 1.165) is 0 Å². The molecule has 3 N–H and O–H groups in total. The van der Waals surface area contributed by atoms with Crippen LogP contribution in [0.2, 0.25) is 5.02 Å². The largest absolute Gasteiger partial charge is 0.384 e. The maximum absolute atomic E-state index is 12.0. The Morgan fingerprint density at radius 2 is 2.14 bits per heavy atom. The topological polar surface area (TPSA) is 95.5 Å². The molecule has 0 saturated heterocycles. The molecule has 0 spiro atoms. The van der Waals surface area contributed by atoms with Gasteiger partial charge in [0.05, 0.1) is 5.02 Å². The lowest BCUT2D eigenvalue weighted by Gasteiger charge is -2.08. The van der Waals surface area contributed by atoms with Gasteiger partial charge < -0.3 is 10.4 Å². The number of carbonyl (C=O) groups is 1. The highest BCUT2D eigenvalue weighted by Gasteiger charge is 2.17. The van der Waals surface area contributed by atoms with E-state index in [1.807, 2.05) is 0 Å². The van der Waals surface area contributed by atoms with Gasteiger partial charge in [-0.25, -0.2) is 13.1 Å². The van der Waals surface area contributed by atoms with Crippen molar-refractivity contribution in [3.05, 3.63) is 28.8 Å². The van der Waals surface area contributed by atoms with E-state index in [9.17, 15) is 13.2 Å². The summed E-state index contributed by atoms with van der Waals surface area (Å²) in [5.41, 5.74) is 0.498. The zero-order chi connectivity index (χ0) is 15.9. The molecule has 8 heteroatoms. The molecule has 0 radical (unpaired) electrons. The van der Waals surface area contributed by atoms with Crippen LogP contribution in [0.4, 0.5) is 0 Å². The number of hydrogen-bond donors (Lipinski definition) is 3. The number of rotatable bonds is 5. The monoisotopic (exact) mass is 330 g/mol. The van der Waals surface area contributed by atoms with E-state index in [2.05, 4.69) is 21.9 Å². The number of carbonyl (C=O) groups excluding carboxylic acids is 1. The zero-order valence-corrected chi connectivity index (χ0v) is 12.9. The lowest BCUT2D eigenvalue weighted by Crippen LogP contribution is -2.29. The highest BCUT2D eigenvalue weighted by molar-refractivity contribution is 7.89. The van der Waals surface area contributed by atoms with Crippen molar-refractivity contribution in [3.63, 3.8) is 0 Å². The molecule has 1 rings (SSSR count). The number of amides is 1. The van der Waals surface area contributed by atoms with Crippen LogP contribution in [0.1, 0.15) is 12.0 Å². The number of benzene rings is 1. The third-order valence-electron chi connectivity index (χ3n) is 2.46. The minimum absolute atomic E-state index is 0.0205. The molecule has 21 heavy (non-hydrogen) atoms. The van der Waals surface area contributed by atoms with Crippen molar-refractivity contribution in [1.82, 2.24) is 10.0 Å². The Kier molecular flexibility index (Phi) is 6.65. The van der Waals surface area contributed by atoms with Gasteiger partial charge in [0.2, 0.25) is 15.9 Å². The zero-order valence-electron chi connectivity index (χ0n) is 11.3. The van der Waals surface area contributed by atoms with Crippen molar-refractivity contribution in [2.24, 2.45) is 0 Å². The first-order valence-corrected chi connectivity index (χ1v) is 7.86. The Morgan fingerprint density at radius 3 is 2.71 bits per heavy atom. The normalized spacial score (nSPS) is 10.6. The molecular formula is C13H15ClN2O4S. The maximum Gasteiger partial charge on any atom is 0.242 e. The van der Waals surface area contributed by atoms with Gasteiger partial charge in [-0.05, 0) is 18.2 Å². The summed E-state index contributed by atoms with van der Waals surface area (Å²) in [4.78, 5) is 11.0. The molecule has 0 heterocycles. The molecule has 0 fully saturated rings. The van der Waals surface area contributed by atoms with E-state index >= 15 is 0 Å². The predicted molar refractivity (Wildman–Crippen MR) is 79.3 cm³/mol. The van der Waals surface area contributed by atoms with Crippen LogP contribution in [-0.2, 0) is 14.8 Å². The van der Waals surface area contributed by atoms with Gasteiger partial charge in [0.15, 0.2) is 0 Å². The number of aliphatic hydroxyl groups is 1. The molecule has 0 unspecified atom stereocenters. The van der Waals surface area contributed by atoms with E-state index < -0.39 is 10.0 Å². The minimum atomic E-state index is -3.79. The van der Waals surface area contributed by atoms with Gasteiger partial charge in [0.1, 0.15) is 11.5 Å². The summed E-state index contributed by atoms with van der Waals surface area (Å²) < 4.78 is 26.4. The number of hydrogen-bond acceptors (Lipinski definition) is 4. The Balaban J connectivity index is 2.86. The average molecular weight is 331 g/mol. The molecule has 1 aromatic carbocycles. The lowest BCUT2D eigenvalue weighted by atomic mass is 10.2. The minimum Gasteiger partial charge on any atom is -0.384 e. The van der Waals surface area contributed by atoms with Crippen molar-refractivity contribution >= 4 is 27.5 Å². The van der Waals surface area contributed by atoms with Crippen LogP contribution in [0.25, 0.3) is 0 Å². The third-order valence-corrected chi connectivity index (χ3v) is 4.40. The van der Waals surface area contributed by atoms with Gasteiger partial charge in [0.25, 0.3) is 0 Å². The average Bonchev–Trinajstić information content (AvgIpc) is 2.44. The van der Waals surface area contributed by atoms with Gasteiger partial charge >= 0.3 is 0 Å². The summed E-state index contributed by atoms with van der Waals surface area (Å²) in [6.45, 7) is -0.316. The van der Waals surface area contributed by atoms with Crippen LogP contribution in [0.5, 0.6) is 0 Å². The fraction of sp³-hybridized carbons (Fsp3) is 0.308. The molecular weight excluding hydrogens is 316 g/mol. The first-order valence-electron chi connectivity index (χ1n) is 6.00. The quantitative estimate of drug-likeness (QED) is 0.667. The van der Waals surface area contributed by atoms with Gasteiger partial charge in [-0.2, -0.15) is 0 Å². The second-order valence-electron chi connectivity index (χ2n) is 3.93. The third kappa shape index (κ3) is 5.36. The highest BCUT2D eigenvalue weighted by Crippen LogP contribution is 2.22. The highest BCUT2D eigenvalue weighted by atomic mass is 35.5. The van der Waals surface area contributed by atoms with Gasteiger partial charge in [-0.3, -0.25) is 4.79 Å². The molecule has 1 amide bonds. The van der Waals surface area contributed by atoms with Crippen molar-refractivity contribution in [1.29, 1.82) is 0 Å². The summed E-state index contributed by atoms with van der Waals surface area (Å²) in [5.74, 6) is 4.80. The van der Waals surface area contributed by atoms with E-state index in [1.54, 1.807) is 0 Å². The second-order valence-corrected chi connectivity index (χ2v) is 6.07. The summed E-state index contributed by atoms with van der Waals surface area (Å²) >= 11 is 5.93. The van der Waals surface area contributed by atoms with Crippen LogP contribution in [-0.4, -0.2) is 39.6 Å². The molecule has 0 aliphatic rings. The van der Waals surface area contributed by atoms with Crippen LogP contribution < -0.4 is 10.0 Å². The van der Waals surface area contributed by atoms with Crippen LogP contribution in [0.15, 0.2) is 23.1 Å².